The summed E-state index contributed by atoms with van der Waals surface area (Å²) in [6, 6.07) is 12.0. The third-order valence-corrected chi connectivity index (χ3v) is 2.95. The van der Waals surface area contributed by atoms with Crippen LogP contribution in [-0.2, 0) is 0 Å². The Hall–Kier alpha value is -2.76. The van der Waals surface area contributed by atoms with Gasteiger partial charge in [-0.25, -0.2) is 0 Å². The lowest BCUT2D eigenvalue weighted by atomic mass is 10.1. The van der Waals surface area contributed by atoms with Crippen LogP contribution in [0, 0.1) is 0 Å². The van der Waals surface area contributed by atoms with E-state index in [-0.39, 0.29) is 5.78 Å². The number of tetrazole rings is 1. The van der Waals surface area contributed by atoms with E-state index in [1.54, 1.807) is 31.2 Å². The molecule has 100 valence electrons. The van der Waals surface area contributed by atoms with Gasteiger partial charge in [-0.15, -0.1) is 10.2 Å². The number of carbonyl (C=O) groups excluding carboxylic acids is 1. The summed E-state index contributed by atoms with van der Waals surface area (Å²) < 4.78 is 5.19. The minimum Gasteiger partial charge on any atom is -0.461 e. The number of furan rings is 1. The second kappa shape index (κ2) is 5.08. The molecule has 1 aromatic carbocycles. The van der Waals surface area contributed by atoms with Crippen LogP contribution in [-0.4, -0.2) is 26.0 Å². The van der Waals surface area contributed by atoms with Gasteiger partial charge in [0.1, 0.15) is 6.04 Å². The molecule has 0 aliphatic rings. The van der Waals surface area contributed by atoms with Crippen LogP contribution < -0.4 is 0 Å². The first-order valence-electron chi connectivity index (χ1n) is 6.18. The zero-order valence-electron chi connectivity index (χ0n) is 10.8. The molecule has 6 nitrogen and oxygen atoms in total. The fourth-order valence-corrected chi connectivity index (χ4v) is 1.84. The summed E-state index contributed by atoms with van der Waals surface area (Å²) in [7, 11) is 0. The maximum Gasteiger partial charge on any atom is 0.240 e. The molecular formula is C14H12N4O2. The number of carbonyl (C=O) groups is 1. The molecule has 3 aromatic rings. The van der Waals surface area contributed by atoms with Gasteiger partial charge in [0.05, 0.1) is 6.26 Å². The third kappa shape index (κ3) is 2.23. The summed E-state index contributed by atoms with van der Waals surface area (Å²) >= 11 is 0. The first kappa shape index (κ1) is 12.3. The smallest absolute Gasteiger partial charge is 0.240 e. The Morgan fingerprint density at radius 1 is 1.20 bits per heavy atom. The summed E-state index contributed by atoms with van der Waals surface area (Å²) in [4.78, 5) is 13.6. The van der Waals surface area contributed by atoms with E-state index >= 15 is 0 Å². The van der Waals surface area contributed by atoms with Crippen LogP contribution in [0.25, 0.3) is 11.6 Å². The van der Waals surface area contributed by atoms with Crippen molar-refractivity contribution in [3.05, 3.63) is 54.3 Å². The predicted molar refractivity (Wildman–Crippen MR) is 71.0 cm³/mol. The van der Waals surface area contributed by atoms with Crippen molar-refractivity contribution < 1.29 is 9.21 Å². The number of Topliss-reactive ketones (excluding diaryl/α,β-unsaturated/α-hetero) is 1. The van der Waals surface area contributed by atoms with Crippen molar-refractivity contribution in [2.45, 2.75) is 13.0 Å². The number of rotatable bonds is 4. The molecule has 6 heteroatoms. The summed E-state index contributed by atoms with van der Waals surface area (Å²) in [5.41, 5.74) is 0.622. The van der Waals surface area contributed by atoms with Crippen LogP contribution in [0.2, 0.25) is 0 Å². The van der Waals surface area contributed by atoms with Crippen LogP contribution in [0.3, 0.4) is 0 Å². The van der Waals surface area contributed by atoms with Gasteiger partial charge in [-0.05, 0) is 24.3 Å². The third-order valence-electron chi connectivity index (χ3n) is 2.95. The topological polar surface area (TPSA) is 73.8 Å². The van der Waals surface area contributed by atoms with Gasteiger partial charge in [0.15, 0.2) is 11.5 Å². The molecule has 0 amide bonds. The molecule has 0 bridgehead atoms. The van der Waals surface area contributed by atoms with Gasteiger partial charge >= 0.3 is 0 Å². The Balaban J connectivity index is 1.84. The van der Waals surface area contributed by atoms with E-state index in [4.69, 9.17) is 4.42 Å². The van der Waals surface area contributed by atoms with Crippen LogP contribution >= 0.6 is 0 Å². The van der Waals surface area contributed by atoms with Crippen molar-refractivity contribution in [3.8, 4) is 11.6 Å². The predicted octanol–water partition coefficient (Wildman–Crippen LogP) is 2.38. The lowest BCUT2D eigenvalue weighted by Crippen LogP contribution is -2.19. The van der Waals surface area contributed by atoms with Gasteiger partial charge < -0.3 is 4.42 Å². The molecule has 0 saturated heterocycles. The number of benzene rings is 1. The maximum absolute atomic E-state index is 12.3. The average Bonchev–Trinajstić information content (AvgIpc) is 3.17. The normalized spacial score (nSPS) is 12.2. The number of aromatic nitrogens is 4. The average molecular weight is 268 g/mol. The Bertz CT molecular complexity index is 704. The van der Waals surface area contributed by atoms with Gasteiger partial charge in [0.25, 0.3) is 0 Å². The maximum atomic E-state index is 12.3. The van der Waals surface area contributed by atoms with E-state index in [0.29, 0.717) is 17.1 Å². The molecule has 0 spiro atoms. The molecule has 0 fully saturated rings. The van der Waals surface area contributed by atoms with E-state index in [0.717, 1.165) is 0 Å². The summed E-state index contributed by atoms with van der Waals surface area (Å²) in [5, 5.41) is 12.0. The molecule has 1 atom stereocenters. The van der Waals surface area contributed by atoms with E-state index in [1.165, 1.54) is 11.1 Å². The Labute approximate surface area is 115 Å². The van der Waals surface area contributed by atoms with Crippen molar-refractivity contribution >= 4 is 5.78 Å². The fourth-order valence-electron chi connectivity index (χ4n) is 1.84. The van der Waals surface area contributed by atoms with Crippen LogP contribution in [0.4, 0.5) is 0 Å². The lowest BCUT2D eigenvalue weighted by molar-refractivity contribution is 0.0918. The number of hydrogen-bond acceptors (Lipinski definition) is 5. The van der Waals surface area contributed by atoms with Gasteiger partial charge in [-0.3, -0.25) is 4.79 Å². The van der Waals surface area contributed by atoms with E-state index < -0.39 is 6.04 Å². The molecule has 0 aliphatic heterocycles. The molecule has 2 aromatic heterocycles. The fraction of sp³-hybridized carbons (Fsp3) is 0.143. The van der Waals surface area contributed by atoms with Crippen molar-refractivity contribution in [2.75, 3.05) is 0 Å². The molecule has 0 saturated carbocycles. The Morgan fingerprint density at radius 2 is 2.00 bits per heavy atom. The summed E-state index contributed by atoms with van der Waals surface area (Å²) in [5.74, 6) is 0.826. The van der Waals surface area contributed by atoms with E-state index in [9.17, 15) is 4.79 Å². The van der Waals surface area contributed by atoms with E-state index in [1.807, 2.05) is 18.2 Å². The largest absolute Gasteiger partial charge is 0.461 e. The molecule has 0 aliphatic carbocycles. The van der Waals surface area contributed by atoms with Crippen molar-refractivity contribution in [2.24, 2.45) is 0 Å². The van der Waals surface area contributed by atoms with Gasteiger partial charge in [-0.2, -0.15) is 4.80 Å². The zero-order chi connectivity index (χ0) is 13.9. The van der Waals surface area contributed by atoms with Crippen molar-refractivity contribution in [3.63, 3.8) is 0 Å². The highest BCUT2D eigenvalue weighted by Gasteiger charge is 2.20. The molecule has 20 heavy (non-hydrogen) atoms. The minimum atomic E-state index is -0.520. The number of hydrogen-bond donors (Lipinski definition) is 0. The van der Waals surface area contributed by atoms with Crippen LogP contribution in [0.15, 0.2) is 53.1 Å². The summed E-state index contributed by atoms with van der Waals surface area (Å²) in [6.45, 7) is 1.74. The first-order valence-corrected chi connectivity index (χ1v) is 6.18. The Kier molecular flexibility index (Phi) is 3.12. The highest BCUT2D eigenvalue weighted by Crippen LogP contribution is 2.16. The van der Waals surface area contributed by atoms with Gasteiger partial charge in [-0.1, -0.05) is 30.3 Å². The first-order chi connectivity index (χ1) is 9.75. The van der Waals surface area contributed by atoms with Gasteiger partial charge in [0.2, 0.25) is 5.82 Å². The van der Waals surface area contributed by atoms with E-state index in [2.05, 4.69) is 15.4 Å². The molecule has 1 unspecified atom stereocenters. The number of ketones is 1. The molecule has 0 N–H and O–H groups in total. The second-order valence-electron chi connectivity index (χ2n) is 4.32. The quantitative estimate of drug-likeness (QED) is 0.679. The highest BCUT2D eigenvalue weighted by molar-refractivity contribution is 5.98. The van der Waals surface area contributed by atoms with Crippen molar-refractivity contribution in [1.82, 2.24) is 20.2 Å². The van der Waals surface area contributed by atoms with Crippen LogP contribution in [0.1, 0.15) is 23.3 Å². The molecule has 0 radical (unpaired) electrons. The van der Waals surface area contributed by atoms with Gasteiger partial charge in [0, 0.05) is 5.56 Å². The number of nitrogens with zero attached hydrogens (tertiary/aromatic N) is 4. The second-order valence-corrected chi connectivity index (χ2v) is 4.32. The molecule has 2 heterocycles. The van der Waals surface area contributed by atoms with Crippen molar-refractivity contribution in [1.29, 1.82) is 0 Å². The highest BCUT2D eigenvalue weighted by atomic mass is 16.3. The van der Waals surface area contributed by atoms with Crippen LogP contribution in [0.5, 0.6) is 0 Å². The molecule has 3 rings (SSSR count). The lowest BCUT2D eigenvalue weighted by Gasteiger charge is -2.08. The summed E-state index contributed by atoms with van der Waals surface area (Å²) in [6.07, 6.45) is 1.54. The Morgan fingerprint density at radius 3 is 2.70 bits per heavy atom. The SMILES string of the molecule is CC(C(=O)c1ccccc1)n1nnc(-c2ccco2)n1. The monoisotopic (exact) mass is 268 g/mol. The zero-order valence-corrected chi connectivity index (χ0v) is 10.8. The standard InChI is InChI=1S/C14H12N4O2/c1-10(13(19)11-6-3-2-4-7-11)18-16-14(15-17-18)12-8-5-9-20-12/h2-10H,1H3. The molecular weight excluding hydrogens is 256 g/mol. The minimum absolute atomic E-state index is 0.0611.